The van der Waals surface area contributed by atoms with Crippen molar-refractivity contribution < 1.29 is 4.79 Å². The van der Waals surface area contributed by atoms with E-state index in [1.807, 2.05) is 45.0 Å². The number of nitrogens with one attached hydrogen (secondary N) is 1. The average Bonchev–Trinajstić information content (AvgIpc) is 2.47. The predicted molar refractivity (Wildman–Crippen MR) is 84.4 cm³/mol. The zero-order valence-corrected chi connectivity index (χ0v) is 12.9. The van der Waals surface area contributed by atoms with E-state index in [4.69, 9.17) is 0 Å². The Morgan fingerprint density at radius 2 is 1.71 bits per heavy atom. The number of nitrogens with zero attached hydrogens (tertiary/aromatic N) is 2. The van der Waals surface area contributed by atoms with Crippen LogP contribution < -0.4 is 10.9 Å². The van der Waals surface area contributed by atoms with Gasteiger partial charge in [0.05, 0.1) is 5.69 Å². The van der Waals surface area contributed by atoms with Gasteiger partial charge in [-0.3, -0.25) is 9.59 Å². The van der Waals surface area contributed by atoms with Gasteiger partial charge >= 0.3 is 0 Å². The molecule has 5 heteroatoms. The van der Waals surface area contributed by atoms with Crippen LogP contribution in [-0.4, -0.2) is 15.7 Å². The fraction of sp³-hybridized carbons (Fsp3) is 0.312. The van der Waals surface area contributed by atoms with Crippen LogP contribution in [0.1, 0.15) is 25.1 Å². The van der Waals surface area contributed by atoms with Crippen LogP contribution in [0.4, 0.5) is 5.69 Å². The monoisotopic (exact) mass is 287 g/mol. The zero-order chi connectivity index (χ0) is 15.8. The van der Waals surface area contributed by atoms with Crippen molar-refractivity contribution in [3.63, 3.8) is 0 Å². The van der Waals surface area contributed by atoms with Gasteiger partial charge in [0, 0.05) is 11.8 Å². The Morgan fingerprint density at radius 3 is 2.33 bits per heavy atom. The van der Waals surface area contributed by atoms with E-state index in [2.05, 4.69) is 10.4 Å². The van der Waals surface area contributed by atoms with Crippen LogP contribution >= 0.6 is 0 Å². The molecule has 0 atom stereocenters. The Hall–Kier alpha value is -2.43. The number of hydrogen-bond donors (Lipinski definition) is 1. The molecule has 1 aromatic heterocycles. The van der Waals surface area contributed by atoms with Crippen LogP contribution in [0.15, 0.2) is 41.2 Å². The first-order valence-corrected chi connectivity index (χ1v) is 6.96. The number of hydrogen-bond acceptors (Lipinski definition) is 3. The molecule has 0 spiro atoms. The van der Waals surface area contributed by atoms with Crippen LogP contribution in [-0.2, 0) is 11.3 Å². The second-order valence-corrected chi connectivity index (χ2v) is 4.38. The van der Waals surface area contributed by atoms with E-state index in [9.17, 15) is 9.59 Å². The number of carbonyl (C=O) groups is 1. The quantitative estimate of drug-likeness (QED) is 0.943. The molecule has 1 heterocycles. The van der Waals surface area contributed by atoms with Crippen molar-refractivity contribution in [2.75, 3.05) is 5.32 Å². The molecule has 0 aliphatic heterocycles. The number of carbonyl (C=O) groups excluding carboxylic acids is 1. The molecule has 5 nitrogen and oxygen atoms in total. The van der Waals surface area contributed by atoms with Crippen LogP contribution in [0, 0.1) is 13.8 Å². The Balaban J connectivity index is 0.00000106. The van der Waals surface area contributed by atoms with Gasteiger partial charge in [-0.15, -0.1) is 0 Å². The molecule has 0 bridgehead atoms. The minimum absolute atomic E-state index is 0.0889. The summed E-state index contributed by atoms with van der Waals surface area (Å²) in [5, 5.41) is 6.74. The molecule has 0 aliphatic rings. The highest BCUT2D eigenvalue weighted by molar-refractivity contribution is 5.90. The minimum Gasteiger partial charge on any atom is -0.324 e. The number of benzene rings is 1. The molecule has 0 saturated heterocycles. The highest BCUT2D eigenvalue weighted by atomic mass is 16.2. The molecule has 0 fully saturated rings. The van der Waals surface area contributed by atoms with Crippen molar-refractivity contribution >= 4 is 11.6 Å². The second-order valence-electron chi connectivity index (χ2n) is 4.38. The molecule has 1 N–H and O–H groups in total. The van der Waals surface area contributed by atoms with Crippen molar-refractivity contribution in [2.24, 2.45) is 0 Å². The van der Waals surface area contributed by atoms with Gasteiger partial charge in [-0.05, 0) is 32.0 Å². The van der Waals surface area contributed by atoms with Crippen molar-refractivity contribution in [3.05, 3.63) is 58.0 Å². The smallest absolute Gasteiger partial charge is 0.267 e. The van der Waals surface area contributed by atoms with E-state index in [1.54, 1.807) is 13.0 Å². The first-order valence-electron chi connectivity index (χ1n) is 6.96. The van der Waals surface area contributed by atoms with Gasteiger partial charge in [-0.1, -0.05) is 31.5 Å². The lowest BCUT2D eigenvalue weighted by Gasteiger charge is -2.07. The minimum atomic E-state index is -0.287. The van der Waals surface area contributed by atoms with Crippen LogP contribution in [0.3, 0.4) is 0 Å². The van der Waals surface area contributed by atoms with Gasteiger partial charge in [0.1, 0.15) is 6.54 Å². The maximum absolute atomic E-state index is 11.8. The summed E-state index contributed by atoms with van der Waals surface area (Å²) < 4.78 is 1.15. The van der Waals surface area contributed by atoms with E-state index in [0.29, 0.717) is 11.4 Å². The molecule has 1 aromatic carbocycles. The van der Waals surface area contributed by atoms with E-state index in [0.717, 1.165) is 10.2 Å². The summed E-state index contributed by atoms with van der Waals surface area (Å²) in [6.45, 7) is 7.66. The van der Waals surface area contributed by atoms with Crippen molar-refractivity contribution in [3.8, 4) is 0 Å². The number of anilines is 1. The van der Waals surface area contributed by atoms with E-state index in [1.165, 1.54) is 6.07 Å². The largest absolute Gasteiger partial charge is 0.324 e. The van der Waals surface area contributed by atoms with Crippen LogP contribution in [0.25, 0.3) is 0 Å². The van der Waals surface area contributed by atoms with Gasteiger partial charge in [0.2, 0.25) is 5.91 Å². The summed E-state index contributed by atoms with van der Waals surface area (Å²) >= 11 is 0. The normalized spacial score (nSPS) is 9.52. The summed E-state index contributed by atoms with van der Waals surface area (Å²) in [5.74, 6) is -0.274. The first-order chi connectivity index (χ1) is 10.0. The fourth-order valence-electron chi connectivity index (χ4n) is 1.64. The highest BCUT2D eigenvalue weighted by Crippen LogP contribution is 2.08. The SMILES string of the molecule is CC.Cc1ccc(NC(=O)Cn2nc(C)ccc2=O)cc1. The molecule has 112 valence electrons. The second kappa shape index (κ2) is 7.99. The third-order valence-corrected chi connectivity index (χ3v) is 2.63. The molecule has 0 unspecified atom stereocenters. The van der Waals surface area contributed by atoms with E-state index < -0.39 is 0 Å². The molecule has 2 rings (SSSR count). The van der Waals surface area contributed by atoms with E-state index in [-0.39, 0.29) is 18.0 Å². The first kappa shape index (κ1) is 16.6. The summed E-state index contributed by atoms with van der Waals surface area (Å²) in [6, 6.07) is 10.5. The van der Waals surface area contributed by atoms with E-state index >= 15 is 0 Å². The third kappa shape index (κ3) is 5.22. The number of amides is 1. The summed E-state index contributed by atoms with van der Waals surface area (Å²) in [6.07, 6.45) is 0. The Bertz CT molecular complexity index is 645. The molecular weight excluding hydrogens is 266 g/mol. The lowest BCUT2D eigenvalue weighted by Crippen LogP contribution is -2.29. The molecular formula is C16H21N3O2. The van der Waals surface area contributed by atoms with Crippen molar-refractivity contribution in [1.29, 1.82) is 0 Å². The molecule has 0 aliphatic carbocycles. The molecule has 2 aromatic rings. The summed E-state index contributed by atoms with van der Waals surface area (Å²) in [4.78, 5) is 23.3. The zero-order valence-electron chi connectivity index (χ0n) is 12.9. The van der Waals surface area contributed by atoms with Crippen molar-refractivity contribution in [1.82, 2.24) is 9.78 Å². The molecule has 0 saturated carbocycles. The standard InChI is InChI=1S/C14H15N3O2.C2H6/c1-10-3-6-12(7-4-10)15-13(18)9-17-14(19)8-5-11(2)16-17;1-2/h3-8H,9H2,1-2H3,(H,15,18);1-2H3. The lowest BCUT2D eigenvalue weighted by atomic mass is 10.2. The van der Waals surface area contributed by atoms with Gasteiger partial charge in [-0.25, -0.2) is 4.68 Å². The third-order valence-electron chi connectivity index (χ3n) is 2.63. The van der Waals surface area contributed by atoms with Crippen LogP contribution in [0.2, 0.25) is 0 Å². The maximum atomic E-state index is 11.8. The van der Waals surface area contributed by atoms with Crippen LogP contribution in [0.5, 0.6) is 0 Å². The van der Waals surface area contributed by atoms with Gasteiger partial charge < -0.3 is 5.32 Å². The predicted octanol–water partition coefficient (Wildman–Crippen LogP) is 2.53. The summed E-state index contributed by atoms with van der Waals surface area (Å²) in [5.41, 5.74) is 2.23. The van der Waals surface area contributed by atoms with Gasteiger partial charge in [-0.2, -0.15) is 5.10 Å². The maximum Gasteiger partial charge on any atom is 0.267 e. The Kier molecular flexibility index (Phi) is 6.33. The summed E-state index contributed by atoms with van der Waals surface area (Å²) in [7, 11) is 0. The fourth-order valence-corrected chi connectivity index (χ4v) is 1.64. The number of aromatic nitrogens is 2. The number of aryl methyl sites for hydroxylation is 2. The molecule has 21 heavy (non-hydrogen) atoms. The number of rotatable bonds is 3. The lowest BCUT2D eigenvalue weighted by molar-refractivity contribution is -0.117. The molecule has 0 radical (unpaired) electrons. The average molecular weight is 287 g/mol. The Morgan fingerprint density at radius 1 is 1.10 bits per heavy atom. The Labute approximate surface area is 124 Å². The highest BCUT2D eigenvalue weighted by Gasteiger charge is 2.06. The van der Waals surface area contributed by atoms with Crippen molar-refractivity contribution in [2.45, 2.75) is 34.2 Å². The topological polar surface area (TPSA) is 64.0 Å². The molecule has 1 amide bonds. The van der Waals surface area contributed by atoms with Gasteiger partial charge in [0.15, 0.2) is 0 Å². The van der Waals surface area contributed by atoms with Gasteiger partial charge in [0.25, 0.3) is 5.56 Å².